The van der Waals surface area contributed by atoms with Crippen LogP contribution in [-0.2, 0) is 22.3 Å². The molecule has 2 aliphatic rings. The topological polar surface area (TPSA) is 85.0 Å². The summed E-state index contributed by atoms with van der Waals surface area (Å²) in [5.74, 6) is 2.27. The van der Waals surface area contributed by atoms with Crippen molar-refractivity contribution in [3.05, 3.63) is 35.7 Å². The van der Waals surface area contributed by atoms with Crippen LogP contribution in [-0.4, -0.2) is 72.6 Å². The molecular weight excluding hydrogens is 521 g/mol. The molecule has 0 amide bonds. The van der Waals surface area contributed by atoms with Gasteiger partial charge in [-0.2, -0.15) is 4.98 Å². The van der Waals surface area contributed by atoms with Crippen LogP contribution in [0.15, 0.2) is 33.8 Å². The zero-order chi connectivity index (χ0) is 21.5. The average molecular weight is 555 g/mol. The Morgan fingerprint density at radius 3 is 2.66 bits per heavy atom. The van der Waals surface area contributed by atoms with Crippen LogP contribution >= 0.6 is 24.0 Å². The summed E-state index contributed by atoms with van der Waals surface area (Å²) in [6.45, 7) is 8.94. The Labute approximate surface area is 207 Å². The Morgan fingerprint density at radius 1 is 1.16 bits per heavy atom. The molecule has 8 nitrogen and oxygen atoms in total. The molecule has 2 unspecified atom stereocenters. The minimum atomic E-state index is 0. The second kappa shape index (κ2) is 12.5. The number of aliphatic imine (C=N–C) groups is 1. The van der Waals surface area contributed by atoms with Gasteiger partial charge in [-0.3, -0.25) is 4.99 Å². The summed E-state index contributed by atoms with van der Waals surface area (Å²) in [5.41, 5.74) is 2.18. The number of aryl methyl sites for hydroxylation is 1. The van der Waals surface area contributed by atoms with E-state index in [4.69, 9.17) is 19.0 Å². The first-order chi connectivity index (χ1) is 15.3. The smallest absolute Gasteiger partial charge is 0.257 e. The lowest BCUT2D eigenvalue weighted by Gasteiger charge is -2.37. The molecule has 0 saturated carbocycles. The van der Waals surface area contributed by atoms with E-state index >= 15 is 0 Å². The minimum Gasteiger partial charge on any atom is -0.375 e. The second-order valence-electron chi connectivity index (χ2n) is 7.96. The Hall–Kier alpha value is -1.72. The number of benzene rings is 1. The molecule has 32 heavy (non-hydrogen) atoms. The van der Waals surface area contributed by atoms with Crippen molar-refractivity contribution in [2.75, 3.05) is 39.4 Å². The van der Waals surface area contributed by atoms with E-state index in [1.165, 1.54) is 5.56 Å². The largest absolute Gasteiger partial charge is 0.375 e. The van der Waals surface area contributed by atoms with Gasteiger partial charge in [0.2, 0.25) is 0 Å². The molecule has 0 radical (unpaired) electrons. The summed E-state index contributed by atoms with van der Waals surface area (Å²) in [5, 5.41) is 7.40. The van der Waals surface area contributed by atoms with Gasteiger partial charge in [-0.05, 0) is 43.9 Å². The molecule has 4 rings (SSSR count). The van der Waals surface area contributed by atoms with Crippen molar-refractivity contribution in [1.29, 1.82) is 0 Å². The van der Waals surface area contributed by atoms with Crippen molar-refractivity contribution in [3.63, 3.8) is 0 Å². The van der Waals surface area contributed by atoms with Gasteiger partial charge in [-0.25, -0.2) is 0 Å². The molecule has 2 atom stereocenters. The fraction of sp³-hybridized carbons (Fsp3) is 0.609. The van der Waals surface area contributed by atoms with E-state index in [9.17, 15) is 0 Å². The van der Waals surface area contributed by atoms with E-state index in [-0.39, 0.29) is 36.2 Å². The van der Waals surface area contributed by atoms with Crippen LogP contribution < -0.4 is 5.32 Å². The van der Waals surface area contributed by atoms with Crippen LogP contribution in [0.1, 0.15) is 38.1 Å². The van der Waals surface area contributed by atoms with Gasteiger partial charge in [0.25, 0.3) is 5.89 Å². The number of nitrogens with zero attached hydrogens (tertiary/aromatic N) is 4. The Bertz CT molecular complexity index is 852. The second-order valence-corrected chi connectivity index (χ2v) is 7.96. The first-order valence-corrected chi connectivity index (χ1v) is 11.4. The van der Waals surface area contributed by atoms with Crippen LogP contribution in [0.4, 0.5) is 0 Å². The third-order valence-electron chi connectivity index (χ3n) is 5.75. The first kappa shape index (κ1) is 24.9. The van der Waals surface area contributed by atoms with Gasteiger partial charge in [0, 0.05) is 44.8 Å². The standard InChI is InChI=1S/C23H33N5O3.HI/c1-3-21-26-22(31-27-21)18-9-7-17(8-10-18)11-12-25-23(24-4-2)28-13-15-30-20(16-28)19-6-5-14-29-19;/h7-10,19-20H,3-6,11-16H2,1-2H3,(H,24,25);1H. The lowest BCUT2D eigenvalue weighted by molar-refractivity contribution is -0.0817. The normalized spacial score (nSPS) is 21.4. The summed E-state index contributed by atoms with van der Waals surface area (Å²) in [7, 11) is 0. The summed E-state index contributed by atoms with van der Waals surface area (Å²) < 4.78 is 17.1. The fourth-order valence-corrected chi connectivity index (χ4v) is 4.03. The van der Waals surface area contributed by atoms with Crippen LogP contribution in [0.25, 0.3) is 11.5 Å². The molecule has 2 saturated heterocycles. The van der Waals surface area contributed by atoms with Crippen LogP contribution in [0.2, 0.25) is 0 Å². The third kappa shape index (κ3) is 6.41. The number of aromatic nitrogens is 2. The predicted octanol–water partition coefficient (Wildman–Crippen LogP) is 3.30. The van der Waals surface area contributed by atoms with Crippen LogP contribution in [0.5, 0.6) is 0 Å². The number of ether oxygens (including phenoxy) is 2. The number of guanidine groups is 1. The number of hydrogen-bond acceptors (Lipinski definition) is 6. The molecule has 0 bridgehead atoms. The van der Waals surface area contributed by atoms with Gasteiger partial charge in [0.15, 0.2) is 11.8 Å². The Balaban J connectivity index is 0.00000289. The monoisotopic (exact) mass is 555 g/mol. The quantitative estimate of drug-likeness (QED) is 0.319. The van der Waals surface area contributed by atoms with Crippen LogP contribution in [0.3, 0.4) is 0 Å². The SMILES string of the molecule is CCNC(=NCCc1ccc(-c2nc(CC)no2)cc1)N1CCOC(C2CCCO2)C1.I. The van der Waals surface area contributed by atoms with Gasteiger partial charge in [-0.15, -0.1) is 24.0 Å². The molecule has 9 heteroatoms. The van der Waals surface area contributed by atoms with Gasteiger partial charge < -0.3 is 24.2 Å². The molecule has 1 aromatic heterocycles. The fourth-order valence-electron chi connectivity index (χ4n) is 4.03. The van der Waals surface area contributed by atoms with Gasteiger partial charge in [0.05, 0.1) is 12.7 Å². The predicted molar refractivity (Wildman–Crippen MR) is 134 cm³/mol. The maximum Gasteiger partial charge on any atom is 0.257 e. The van der Waals surface area contributed by atoms with Gasteiger partial charge in [0.1, 0.15) is 6.10 Å². The van der Waals surface area contributed by atoms with Gasteiger partial charge >= 0.3 is 0 Å². The molecular formula is C23H34IN5O3. The first-order valence-electron chi connectivity index (χ1n) is 11.4. The Kier molecular flexibility index (Phi) is 9.73. The zero-order valence-corrected chi connectivity index (χ0v) is 21.3. The van der Waals surface area contributed by atoms with Crippen molar-refractivity contribution in [2.24, 2.45) is 4.99 Å². The molecule has 3 heterocycles. The van der Waals surface area contributed by atoms with Gasteiger partial charge in [-0.1, -0.05) is 24.2 Å². The maximum absolute atomic E-state index is 5.98. The third-order valence-corrected chi connectivity index (χ3v) is 5.75. The highest BCUT2D eigenvalue weighted by Crippen LogP contribution is 2.21. The lowest BCUT2D eigenvalue weighted by atomic mass is 10.1. The average Bonchev–Trinajstić information content (AvgIpc) is 3.51. The van der Waals surface area contributed by atoms with E-state index in [1.54, 1.807) is 0 Å². The lowest BCUT2D eigenvalue weighted by Crippen LogP contribution is -2.53. The Morgan fingerprint density at radius 2 is 1.97 bits per heavy atom. The molecule has 1 N–H and O–H groups in total. The highest BCUT2D eigenvalue weighted by atomic mass is 127. The molecule has 176 valence electrons. The van der Waals surface area contributed by atoms with Crippen molar-refractivity contribution in [1.82, 2.24) is 20.4 Å². The van der Waals surface area contributed by atoms with E-state index in [2.05, 4.69) is 39.4 Å². The number of morpholine rings is 1. The van der Waals surface area contributed by atoms with Crippen molar-refractivity contribution in [2.45, 2.75) is 51.7 Å². The number of halogens is 1. The van der Waals surface area contributed by atoms with E-state index in [1.807, 2.05) is 19.1 Å². The summed E-state index contributed by atoms with van der Waals surface area (Å²) in [6, 6.07) is 8.28. The highest BCUT2D eigenvalue weighted by Gasteiger charge is 2.32. The summed E-state index contributed by atoms with van der Waals surface area (Å²) >= 11 is 0. The van der Waals surface area contributed by atoms with Crippen molar-refractivity contribution in [3.8, 4) is 11.5 Å². The van der Waals surface area contributed by atoms with E-state index < -0.39 is 0 Å². The number of rotatable bonds is 7. The van der Waals surface area contributed by atoms with Crippen molar-refractivity contribution < 1.29 is 14.0 Å². The highest BCUT2D eigenvalue weighted by molar-refractivity contribution is 14.0. The minimum absolute atomic E-state index is 0. The van der Waals surface area contributed by atoms with Crippen molar-refractivity contribution >= 4 is 29.9 Å². The van der Waals surface area contributed by atoms with Crippen LogP contribution in [0, 0.1) is 0 Å². The number of nitrogens with one attached hydrogen (secondary N) is 1. The maximum atomic E-state index is 5.98. The molecule has 2 aliphatic heterocycles. The molecule has 0 aliphatic carbocycles. The molecule has 1 aromatic carbocycles. The number of hydrogen-bond donors (Lipinski definition) is 1. The summed E-state index contributed by atoms with van der Waals surface area (Å²) in [4.78, 5) is 11.6. The molecule has 2 aromatic rings. The zero-order valence-electron chi connectivity index (χ0n) is 19.0. The van der Waals surface area contributed by atoms with E-state index in [0.717, 1.165) is 75.8 Å². The molecule has 0 spiro atoms. The summed E-state index contributed by atoms with van der Waals surface area (Å²) in [6.07, 6.45) is 4.21. The molecule has 2 fully saturated rings. The van der Waals surface area contributed by atoms with E-state index in [0.29, 0.717) is 12.5 Å².